The van der Waals surface area contributed by atoms with Gasteiger partial charge in [-0.3, -0.25) is 14.1 Å². The van der Waals surface area contributed by atoms with Crippen LogP contribution >= 0.6 is 22.9 Å². The molecule has 1 unspecified atom stereocenters. The minimum absolute atomic E-state index is 0.354. The van der Waals surface area contributed by atoms with Crippen LogP contribution in [0, 0.1) is 0 Å². The lowest BCUT2D eigenvalue weighted by Crippen LogP contribution is -2.38. The number of methoxy groups -OCH3 is 1. The molecule has 0 aliphatic carbocycles. The largest absolute Gasteiger partial charge is 0.491 e. The van der Waals surface area contributed by atoms with Crippen molar-refractivity contribution in [2.45, 2.75) is 13.0 Å². The highest BCUT2D eigenvalue weighted by Crippen LogP contribution is 2.39. The van der Waals surface area contributed by atoms with Crippen LogP contribution in [0.15, 0.2) is 61.2 Å². The number of ether oxygens (including phenoxy) is 4. The summed E-state index contributed by atoms with van der Waals surface area (Å²) < 4.78 is 26.6. The van der Waals surface area contributed by atoms with E-state index in [1.165, 1.54) is 18.4 Å². The van der Waals surface area contributed by atoms with E-state index in [2.05, 4.69) is 15.0 Å². The normalized spacial score (nSPS) is 14.6. The maximum Gasteiger partial charge on any atom is 0.351 e. The van der Waals surface area contributed by atoms with Crippen molar-refractivity contribution in [3.05, 3.63) is 76.6 Å². The van der Waals surface area contributed by atoms with E-state index in [4.69, 9.17) is 30.5 Å². The van der Waals surface area contributed by atoms with E-state index in [-0.39, 0.29) is 0 Å². The fourth-order valence-corrected chi connectivity index (χ4v) is 6.39. The molecule has 0 N–H and O–H groups in total. The van der Waals surface area contributed by atoms with E-state index in [0.717, 1.165) is 65.6 Å². The zero-order chi connectivity index (χ0) is 29.9. The van der Waals surface area contributed by atoms with Gasteiger partial charge in [0, 0.05) is 50.1 Å². The third-order valence-corrected chi connectivity index (χ3v) is 8.88. The van der Waals surface area contributed by atoms with Gasteiger partial charge in [0.2, 0.25) is 0 Å². The van der Waals surface area contributed by atoms with Crippen LogP contribution in [0.4, 0.5) is 0 Å². The van der Waals surface area contributed by atoms with E-state index in [1.807, 2.05) is 73.4 Å². The first-order valence-electron chi connectivity index (χ1n) is 14.0. The smallest absolute Gasteiger partial charge is 0.351 e. The molecule has 4 heterocycles. The third kappa shape index (κ3) is 6.25. The summed E-state index contributed by atoms with van der Waals surface area (Å²) in [7, 11) is 3.25. The van der Waals surface area contributed by atoms with Crippen LogP contribution in [0.5, 0.6) is 11.5 Å². The molecule has 1 aliphatic heterocycles. The van der Waals surface area contributed by atoms with Crippen molar-refractivity contribution in [3.63, 3.8) is 0 Å². The number of aromatic nitrogens is 4. The van der Waals surface area contributed by atoms with Crippen molar-refractivity contribution in [1.82, 2.24) is 24.2 Å². The molecule has 0 radical (unpaired) electrons. The van der Waals surface area contributed by atoms with Gasteiger partial charge in [0.25, 0.3) is 0 Å². The van der Waals surface area contributed by atoms with Gasteiger partial charge in [-0.05, 0) is 30.7 Å². The maximum atomic E-state index is 12.8. The number of hydrogen-bond acceptors (Lipinski definition) is 9. The lowest BCUT2D eigenvalue weighted by atomic mass is 10.1. The second-order valence-electron chi connectivity index (χ2n) is 10.2. The molecule has 224 valence electrons. The number of benzene rings is 2. The Kier molecular flexibility index (Phi) is 8.66. The fourth-order valence-electron chi connectivity index (χ4n) is 5.06. The Bertz CT molecular complexity index is 1740. The molecule has 1 fully saturated rings. The van der Waals surface area contributed by atoms with E-state index in [9.17, 15) is 4.79 Å². The molecule has 0 amide bonds. The first-order chi connectivity index (χ1) is 20.9. The summed E-state index contributed by atoms with van der Waals surface area (Å²) in [4.78, 5) is 20.1. The molecule has 3 aromatic heterocycles. The Morgan fingerprint density at radius 1 is 1.14 bits per heavy atom. The van der Waals surface area contributed by atoms with Crippen molar-refractivity contribution < 1.29 is 23.7 Å². The lowest BCUT2D eigenvalue weighted by Gasteiger charge is -2.26. The number of carbonyl (C=O) groups excluding carboxylic acids is 1. The first-order valence-corrected chi connectivity index (χ1v) is 15.2. The third-order valence-electron chi connectivity index (χ3n) is 7.38. The molecule has 12 heteroatoms. The maximum absolute atomic E-state index is 12.8. The Morgan fingerprint density at radius 2 is 1.98 bits per heavy atom. The van der Waals surface area contributed by atoms with Crippen LogP contribution in [0.1, 0.15) is 28.3 Å². The second kappa shape index (κ2) is 12.8. The van der Waals surface area contributed by atoms with Gasteiger partial charge in [-0.25, -0.2) is 9.78 Å². The van der Waals surface area contributed by atoms with Crippen LogP contribution in [-0.2, 0) is 16.5 Å². The molecule has 1 aliphatic rings. The number of imidazole rings is 1. The lowest BCUT2D eigenvalue weighted by molar-refractivity contribution is 0.0322. The van der Waals surface area contributed by atoms with Crippen molar-refractivity contribution in [3.8, 4) is 27.6 Å². The molecule has 1 saturated heterocycles. The van der Waals surface area contributed by atoms with E-state index >= 15 is 0 Å². The summed E-state index contributed by atoms with van der Waals surface area (Å²) in [5.41, 5.74) is 4.51. The molecule has 0 bridgehead atoms. The van der Waals surface area contributed by atoms with E-state index in [0.29, 0.717) is 28.0 Å². The number of halogens is 1. The molecule has 2 aromatic carbocycles. The van der Waals surface area contributed by atoms with Crippen LogP contribution in [0.25, 0.3) is 27.2 Å². The molecular weight excluding hydrogens is 590 g/mol. The first kappa shape index (κ1) is 29.2. The van der Waals surface area contributed by atoms with Crippen LogP contribution in [0.3, 0.4) is 0 Å². The molecule has 5 aromatic rings. The average Bonchev–Trinajstić information content (AvgIpc) is 3.76. The van der Waals surface area contributed by atoms with Crippen LogP contribution in [-0.4, -0.2) is 76.8 Å². The SMILES string of the molecule is COC(=O)c1sc(-n2cnc3cc(-c4cnn(C)c4)ccc32)cc1OC(C)c1cccc(OCCN2CCOCC2)c1Cl. The number of rotatable bonds is 10. The Balaban J connectivity index is 1.22. The van der Waals surface area contributed by atoms with Gasteiger partial charge in [0.15, 0.2) is 4.88 Å². The molecule has 6 rings (SSSR count). The number of morpholine rings is 1. The zero-order valence-corrected chi connectivity index (χ0v) is 25.7. The van der Waals surface area contributed by atoms with Crippen molar-refractivity contribution in [2.75, 3.05) is 46.6 Å². The number of aryl methyl sites for hydroxylation is 1. The van der Waals surface area contributed by atoms with Gasteiger partial charge >= 0.3 is 5.97 Å². The van der Waals surface area contributed by atoms with Gasteiger partial charge in [0.1, 0.15) is 35.5 Å². The highest BCUT2D eigenvalue weighted by Gasteiger charge is 2.24. The van der Waals surface area contributed by atoms with E-state index < -0.39 is 12.1 Å². The molecule has 1 atom stereocenters. The highest BCUT2D eigenvalue weighted by molar-refractivity contribution is 7.16. The number of nitrogens with zero attached hydrogens (tertiary/aromatic N) is 5. The van der Waals surface area contributed by atoms with Crippen LogP contribution in [0.2, 0.25) is 5.02 Å². The van der Waals surface area contributed by atoms with Gasteiger partial charge in [-0.2, -0.15) is 5.10 Å². The molecule has 0 saturated carbocycles. The van der Waals surface area contributed by atoms with Crippen molar-refractivity contribution in [2.24, 2.45) is 7.05 Å². The van der Waals surface area contributed by atoms with Gasteiger partial charge < -0.3 is 18.9 Å². The summed E-state index contributed by atoms with van der Waals surface area (Å²) in [6.45, 7) is 6.48. The summed E-state index contributed by atoms with van der Waals surface area (Å²) in [5.74, 6) is 0.522. The molecule has 10 nitrogen and oxygen atoms in total. The number of hydrogen-bond donors (Lipinski definition) is 0. The molecular formula is C31H32ClN5O5S. The molecule has 43 heavy (non-hydrogen) atoms. The van der Waals surface area contributed by atoms with Gasteiger partial charge in [0.05, 0.1) is 42.6 Å². The number of fused-ring (bicyclic) bond motifs is 1. The Labute approximate surface area is 258 Å². The molecule has 0 spiro atoms. The van der Waals surface area contributed by atoms with Gasteiger partial charge in [-0.1, -0.05) is 29.8 Å². The predicted octanol–water partition coefficient (Wildman–Crippen LogP) is 5.78. The van der Waals surface area contributed by atoms with E-state index in [1.54, 1.807) is 11.0 Å². The zero-order valence-electron chi connectivity index (χ0n) is 24.2. The topological polar surface area (TPSA) is 92.9 Å². The summed E-state index contributed by atoms with van der Waals surface area (Å²) in [5, 5.41) is 5.52. The van der Waals surface area contributed by atoms with Crippen molar-refractivity contribution in [1.29, 1.82) is 0 Å². The fraction of sp³-hybridized carbons (Fsp3) is 0.323. The summed E-state index contributed by atoms with van der Waals surface area (Å²) >= 11 is 8.06. The standard InChI is InChI=1S/C31H32ClN5O5S/c1-20(23-5-4-6-26(29(23)32)41-14-11-36-9-12-40-13-10-36)42-27-16-28(43-30(27)31(38)39-3)37-19-33-24-15-21(7-8-25(24)37)22-17-34-35(2)18-22/h4-8,15-20H,9-14H2,1-3H3. The minimum Gasteiger partial charge on any atom is -0.491 e. The Hall–Kier alpha value is -3.90. The monoisotopic (exact) mass is 621 g/mol. The summed E-state index contributed by atoms with van der Waals surface area (Å²) in [6.07, 6.45) is 5.06. The minimum atomic E-state index is -0.479. The van der Waals surface area contributed by atoms with Crippen molar-refractivity contribution >= 4 is 39.9 Å². The predicted molar refractivity (Wildman–Crippen MR) is 166 cm³/mol. The average molecular weight is 622 g/mol. The number of esters is 1. The number of carbonyl (C=O) groups is 1. The van der Waals surface area contributed by atoms with Gasteiger partial charge in [-0.15, -0.1) is 11.3 Å². The second-order valence-corrected chi connectivity index (χ2v) is 11.6. The van der Waals surface area contributed by atoms with Crippen LogP contribution < -0.4 is 9.47 Å². The number of thiophene rings is 1. The highest BCUT2D eigenvalue weighted by atomic mass is 35.5. The summed E-state index contributed by atoms with van der Waals surface area (Å²) in [6, 6.07) is 13.5. The quantitative estimate of drug-likeness (QED) is 0.181. The Morgan fingerprint density at radius 3 is 2.74 bits per heavy atom.